The molecule has 1 unspecified atom stereocenters. The SMILES string of the molecule is N#Cc1cccc(C(=O)N2CCC3(CCOC3)C2)c1Br. The summed E-state index contributed by atoms with van der Waals surface area (Å²) in [4.78, 5) is 14.5. The van der Waals surface area contributed by atoms with Crippen molar-refractivity contribution in [1.29, 1.82) is 5.26 Å². The van der Waals surface area contributed by atoms with Gasteiger partial charge in [0, 0.05) is 29.6 Å². The number of nitriles is 1. The highest BCUT2D eigenvalue weighted by molar-refractivity contribution is 9.10. The van der Waals surface area contributed by atoms with Gasteiger partial charge < -0.3 is 9.64 Å². The molecule has 104 valence electrons. The highest BCUT2D eigenvalue weighted by atomic mass is 79.9. The van der Waals surface area contributed by atoms with Crippen LogP contribution in [-0.2, 0) is 4.74 Å². The predicted molar refractivity (Wildman–Crippen MR) is 77.2 cm³/mol. The smallest absolute Gasteiger partial charge is 0.255 e. The van der Waals surface area contributed by atoms with E-state index in [9.17, 15) is 4.79 Å². The van der Waals surface area contributed by atoms with Gasteiger partial charge in [-0.25, -0.2) is 0 Å². The number of likely N-dealkylation sites (tertiary alicyclic amines) is 1. The van der Waals surface area contributed by atoms with Gasteiger partial charge in [-0.3, -0.25) is 4.79 Å². The summed E-state index contributed by atoms with van der Waals surface area (Å²) < 4.78 is 6.08. The zero-order valence-electron chi connectivity index (χ0n) is 11.1. The van der Waals surface area contributed by atoms with Crippen molar-refractivity contribution in [2.75, 3.05) is 26.3 Å². The van der Waals surface area contributed by atoms with Crippen LogP contribution in [-0.4, -0.2) is 37.1 Å². The lowest BCUT2D eigenvalue weighted by Crippen LogP contribution is -2.32. The molecule has 1 aromatic rings. The molecule has 2 saturated heterocycles. The summed E-state index contributed by atoms with van der Waals surface area (Å²) in [6, 6.07) is 7.32. The van der Waals surface area contributed by atoms with E-state index in [-0.39, 0.29) is 11.3 Å². The fraction of sp³-hybridized carbons (Fsp3) is 0.467. The summed E-state index contributed by atoms with van der Waals surface area (Å²) in [6.45, 7) is 3.09. The van der Waals surface area contributed by atoms with E-state index in [2.05, 4.69) is 22.0 Å². The molecular formula is C15H15BrN2O2. The maximum Gasteiger partial charge on any atom is 0.255 e. The van der Waals surface area contributed by atoms with Gasteiger partial charge in [-0.2, -0.15) is 5.26 Å². The monoisotopic (exact) mass is 334 g/mol. The van der Waals surface area contributed by atoms with Crippen LogP contribution in [0.25, 0.3) is 0 Å². The van der Waals surface area contributed by atoms with Gasteiger partial charge in [0.05, 0.1) is 17.7 Å². The zero-order chi connectivity index (χ0) is 14.2. The number of nitrogens with zero attached hydrogens (tertiary/aromatic N) is 2. The van der Waals surface area contributed by atoms with Gasteiger partial charge in [-0.15, -0.1) is 0 Å². The van der Waals surface area contributed by atoms with Crippen molar-refractivity contribution < 1.29 is 9.53 Å². The highest BCUT2D eigenvalue weighted by Crippen LogP contribution is 2.39. The predicted octanol–water partition coefficient (Wildman–Crippen LogP) is 2.57. The zero-order valence-corrected chi connectivity index (χ0v) is 12.6. The standard InChI is InChI=1S/C15H15BrN2O2/c16-13-11(8-17)2-1-3-12(13)14(19)18-6-4-15(9-18)5-7-20-10-15/h1-3H,4-7,9-10H2. The maximum absolute atomic E-state index is 12.6. The number of benzene rings is 1. The Hall–Kier alpha value is -1.38. The average molecular weight is 335 g/mol. The Morgan fingerprint density at radius 2 is 2.30 bits per heavy atom. The molecule has 2 heterocycles. The van der Waals surface area contributed by atoms with E-state index in [1.54, 1.807) is 18.2 Å². The number of rotatable bonds is 1. The molecule has 0 aromatic heterocycles. The van der Waals surface area contributed by atoms with Gasteiger partial charge in [0.2, 0.25) is 0 Å². The molecular weight excluding hydrogens is 320 g/mol. The first-order chi connectivity index (χ1) is 9.65. The van der Waals surface area contributed by atoms with Crippen LogP contribution in [0.4, 0.5) is 0 Å². The maximum atomic E-state index is 12.6. The largest absolute Gasteiger partial charge is 0.381 e. The lowest BCUT2D eigenvalue weighted by molar-refractivity contribution is 0.0765. The molecule has 0 aliphatic carbocycles. The molecule has 5 heteroatoms. The van der Waals surface area contributed by atoms with Crippen LogP contribution in [0.2, 0.25) is 0 Å². The lowest BCUT2D eigenvalue weighted by atomic mass is 9.87. The van der Waals surface area contributed by atoms with Crippen molar-refractivity contribution in [2.45, 2.75) is 12.8 Å². The Morgan fingerprint density at radius 3 is 3.00 bits per heavy atom. The Bertz CT molecular complexity index is 588. The second-order valence-corrected chi connectivity index (χ2v) is 6.35. The summed E-state index contributed by atoms with van der Waals surface area (Å²) in [7, 11) is 0. The summed E-state index contributed by atoms with van der Waals surface area (Å²) in [5.74, 6) is -0.00208. The van der Waals surface area contributed by atoms with Gasteiger partial charge >= 0.3 is 0 Å². The van der Waals surface area contributed by atoms with E-state index in [0.29, 0.717) is 15.6 Å². The minimum atomic E-state index is -0.00208. The number of amides is 1. The number of ether oxygens (including phenoxy) is 1. The lowest BCUT2D eigenvalue weighted by Gasteiger charge is -2.22. The van der Waals surface area contributed by atoms with Crippen molar-refractivity contribution >= 4 is 21.8 Å². The third-order valence-corrected chi connectivity index (χ3v) is 5.11. The molecule has 2 fully saturated rings. The molecule has 0 saturated carbocycles. The van der Waals surface area contributed by atoms with Crippen molar-refractivity contribution in [3.63, 3.8) is 0 Å². The first kappa shape index (κ1) is 13.6. The quantitative estimate of drug-likeness (QED) is 0.793. The number of hydrogen-bond acceptors (Lipinski definition) is 3. The first-order valence-corrected chi connectivity index (χ1v) is 7.50. The third-order valence-electron chi connectivity index (χ3n) is 4.26. The molecule has 4 nitrogen and oxygen atoms in total. The van der Waals surface area contributed by atoms with Crippen molar-refractivity contribution in [3.05, 3.63) is 33.8 Å². The van der Waals surface area contributed by atoms with Crippen LogP contribution in [0.1, 0.15) is 28.8 Å². The van der Waals surface area contributed by atoms with Crippen LogP contribution in [0, 0.1) is 16.7 Å². The van der Waals surface area contributed by atoms with Crippen molar-refractivity contribution in [2.24, 2.45) is 5.41 Å². The molecule has 1 spiro atoms. The Morgan fingerprint density at radius 1 is 1.45 bits per heavy atom. The Balaban J connectivity index is 1.82. The second-order valence-electron chi connectivity index (χ2n) is 5.56. The fourth-order valence-electron chi connectivity index (χ4n) is 3.03. The summed E-state index contributed by atoms with van der Waals surface area (Å²) in [5.41, 5.74) is 1.23. The molecule has 2 aliphatic heterocycles. The molecule has 1 amide bonds. The van der Waals surface area contributed by atoms with Gasteiger partial charge in [0.25, 0.3) is 5.91 Å². The summed E-state index contributed by atoms with van der Waals surface area (Å²) >= 11 is 3.37. The van der Waals surface area contributed by atoms with E-state index < -0.39 is 0 Å². The third kappa shape index (κ3) is 2.23. The Labute approximate surface area is 126 Å². The molecule has 3 rings (SSSR count). The van der Waals surface area contributed by atoms with Crippen LogP contribution in [0.15, 0.2) is 22.7 Å². The molecule has 0 radical (unpaired) electrons. The van der Waals surface area contributed by atoms with Crippen LogP contribution < -0.4 is 0 Å². The second kappa shape index (κ2) is 5.19. The van der Waals surface area contributed by atoms with E-state index in [1.165, 1.54) is 0 Å². The number of halogens is 1. The average Bonchev–Trinajstić information content (AvgIpc) is 3.09. The summed E-state index contributed by atoms with van der Waals surface area (Å²) in [5, 5.41) is 9.04. The minimum absolute atomic E-state index is 0.00208. The van der Waals surface area contributed by atoms with E-state index >= 15 is 0 Å². The van der Waals surface area contributed by atoms with E-state index in [4.69, 9.17) is 10.00 Å². The van der Waals surface area contributed by atoms with E-state index in [1.807, 2.05) is 4.90 Å². The molecule has 0 bridgehead atoms. The number of hydrogen-bond donors (Lipinski definition) is 0. The number of carbonyl (C=O) groups is 1. The van der Waals surface area contributed by atoms with Crippen LogP contribution in [0.3, 0.4) is 0 Å². The molecule has 20 heavy (non-hydrogen) atoms. The van der Waals surface area contributed by atoms with Crippen molar-refractivity contribution in [3.8, 4) is 6.07 Å². The molecule has 1 aromatic carbocycles. The first-order valence-electron chi connectivity index (χ1n) is 6.71. The van der Waals surface area contributed by atoms with Crippen LogP contribution in [0.5, 0.6) is 0 Å². The van der Waals surface area contributed by atoms with Gasteiger partial charge in [0.1, 0.15) is 6.07 Å². The van der Waals surface area contributed by atoms with E-state index in [0.717, 1.165) is 39.1 Å². The number of carbonyl (C=O) groups excluding carboxylic acids is 1. The van der Waals surface area contributed by atoms with Gasteiger partial charge in [-0.1, -0.05) is 6.07 Å². The topological polar surface area (TPSA) is 53.3 Å². The molecule has 2 aliphatic rings. The van der Waals surface area contributed by atoms with Gasteiger partial charge in [-0.05, 0) is 40.9 Å². The normalized spacial score (nSPS) is 25.1. The molecule has 0 N–H and O–H groups in total. The Kier molecular flexibility index (Phi) is 3.53. The molecule has 1 atom stereocenters. The fourth-order valence-corrected chi connectivity index (χ4v) is 3.56. The minimum Gasteiger partial charge on any atom is -0.381 e. The highest BCUT2D eigenvalue weighted by Gasteiger charge is 2.43. The summed E-state index contributed by atoms with van der Waals surface area (Å²) in [6.07, 6.45) is 2.05. The van der Waals surface area contributed by atoms with Gasteiger partial charge in [0.15, 0.2) is 0 Å². The van der Waals surface area contributed by atoms with Crippen LogP contribution >= 0.6 is 15.9 Å². The van der Waals surface area contributed by atoms with Crippen molar-refractivity contribution in [1.82, 2.24) is 4.90 Å².